The Morgan fingerprint density at radius 2 is 2.12 bits per heavy atom. The van der Waals surface area contributed by atoms with Gasteiger partial charge in [0.1, 0.15) is 0 Å². The Morgan fingerprint density at radius 3 is 2.76 bits per heavy atom. The number of hydrogen-bond donors (Lipinski definition) is 1. The molecule has 2 nitrogen and oxygen atoms in total. The monoisotopic (exact) mass is 299 g/mol. The molecule has 0 saturated carbocycles. The van der Waals surface area contributed by atoms with E-state index in [1.54, 1.807) is 7.11 Å². The first kappa shape index (κ1) is 14.7. The van der Waals surface area contributed by atoms with Crippen LogP contribution in [0, 0.1) is 5.92 Å². The van der Waals surface area contributed by atoms with Crippen LogP contribution in [-0.2, 0) is 11.2 Å². The number of benzene rings is 1. The Bertz CT molecular complexity index is 330. The summed E-state index contributed by atoms with van der Waals surface area (Å²) in [5.41, 5.74) is 1.38. The highest BCUT2D eigenvalue weighted by Gasteiger charge is 2.12. The zero-order chi connectivity index (χ0) is 12.7. The van der Waals surface area contributed by atoms with Crippen LogP contribution in [0.1, 0.15) is 19.4 Å². The van der Waals surface area contributed by atoms with Crippen LogP contribution in [0.4, 0.5) is 0 Å². The Kier molecular flexibility index (Phi) is 6.78. The third kappa shape index (κ3) is 5.66. The van der Waals surface area contributed by atoms with Crippen LogP contribution in [0.5, 0.6) is 0 Å². The minimum absolute atomic E-state index is 0.504. The zero-order valence-electron chi connectivity index (χ0n) is 10.9. The highest BCUT2D eigenvalue weighted by atomic mass is 79.9. The SMILES string of the molecule is COCCNC(C)C(C)Cc1cccc(Br)c1. The van der Waals surface area contributed by atoms with E-state index in [0.29, 0.717) is 12.0 Å². The smallest absolute Gasteiger partial charge is 0.0587 e. The highest BCUT2D eigenvalue weighted by molar-refractivity contribution is 9.10. The highest BCUT2D eigenvalue weighted by Crippen LogP contribution is 2.16. The summed E-state index contributed by atoms with van der Waals surface area (Å²) in [6.07, 6.45) is 1.10. The largest absolute Gasteiger partial charge is 0.383 e. The molecular weight excluding hydrogens is 278 g/mol. The maximum absolute atomic E-state index is 5.04. The lowest BCUT2D eigenvalue weighted by atomic mass is 9.95. The van der Waals surface area contributed by atoms with E-state index in [9.17, 15) is 0 Å². The van der Waals surface area contributed by atoms with Gasteiger partial charge in [-0.25, -0.2) is 0 Å². The molecule has 1 rings (SSSR count). The minimum Gasteiger partial charge on any atom is -0.383 e. The first-order valence-electron chi connectivity index (χ1n) is 6.10. The van der Waals surface area contributed by atoms with Gasteiger partial charge in [0, 0.05) is 24.2 Å². The van der Waals surface area contributed by atoms with Gasteiger partial charge < -0.3 is 10.1 Å². The fourth-order valence-electron chi connectivity index (χ4n) is 1.80. The third-order valence-electron chi connectivity index (χ3n) is 3.07. The molecule has 2 atom stereocenters. The summed E-state index contributed by atoms with van der Waals surface area (Å²) in [7, 11) is 1.73. The number of ether oxygens (including phenoxy) is 1. The Morgan fingerprint density at radius 1 is 1.35 bits per heavy atom. The van der Waals surface area contributed by atoms with E-state index >= 15 is 0 Å². The zero-order valence-corrected chi connectivity index (χ0v) is 12.5. The first-order valence-corrected chi connectivity index (χ1v) is 6.89. The summed E-state index contributed by atoms with van der Waals surface area (Å²) in [5, 5.41) is 3.48. The molecule has 0 heterocycles. The topological polar surface area (TPSA) is 21.3 Å². The number of nitrogens with one attached hydrogen (secondary N) is 1. The van der Waals surface area contributed by atoms with Gasteiger partial charge in [0.2, 0.25) is 0 Å². The average Bonchev–Trinajstić information content (AvgIpc) is 2.29. The van der Waals surface area contributed by atoms with Crippen LogP contribution in [0.2, 0.25) is 0 Å². The van der Waals surface area contributed by atoms with Gasteiger partial charge in [-0.1, -0.05) is 35.0 Å². The van der Waals surface area contributed by atoms with Crippen molar-refractivity contribution in [1.82, 2.24) is 5.32 Å². The van der Waals surface area contributed by atoms with E-state index in [2.05, 4.69) is 59.4 Å². The summed E-state index contributed by atoms with van der Waals surface area (Å²) in [4.78, 5) is 0. The van der Waals surface area contributed by atoms with Crippen molar-refractivity contribution >= 4 is 15.9 Å². The fraction of sp³-hybridized carbons (Fsp3) is 0.571. The van der Waals surface area contributed by atoms with Crippen molar-refractivity contribution in [3.05, 3.63) is 34.3 Å². The lowest BCUT2D eigenvalue weighted by Gasteiger charge is -2.21. The summed E-state index contributed by atoms with van der Waals surface area (Å²) in [6, 6.07) is 9.04. The normalized spacial score (nSPS) is 14.6. The Hall–Kier alpha value is -0.380. The van der Waals surface area contributed by atoms with Crippen molar-refractivity contribution in [3.8, 4) is 0 Å². The molecule has 0 spiro atoms. The number of rotatable bonds is 7. The average molecular weight is 300 g/mol. The lowest BCUT2D eigenvalue weighted by Crippen LogP contribution is -2.35. The molecule has 3 heteroatoms. The van der Waals surface area contributed by atoms with Gasteiger partial charge in [0.05, 0.1) is 6.61 Å². The van der Waals surface area contributed by atoms with Crippen LogP contribution >= 0.6 is 15.9 Å². The molecule has 1 aromatic carbocycles. The summed E-state index contributed by atoms with van der Waals surface area (Å²) in [6.45, 7) is 6.21. The molecule has 2 unspecified atom stereocenters. The molecule has 0 fully saturated rings. The van der Waals surface area contributed by atoms with Gasteiger partial charge in [-0.2, -0.15) is 0 Å². The molecular formula is C14H22BrNO. The molecule has 0 aliphatic heterocycles. The lowest BCUT2D eigenvalue weighted by molar-refractivity contribution is 0.192. The van der Waals surface area contributed by atoms with Crippen molar-refractivity contribution in [2.45, 2.75) is 26.3 Å². The molecule has 0 aliphatic carbocycles. The first-order chi connectivity index (χ1) is 8.13. The molecule has 0 saturated heterocycles. The van der Waals surface area contributed by atoms with Crippen LogP contribution in [0.15, 0.2) is 28.7 Å². The van der Waals surface area contributed by atoms with E-state index in [1.807, 2.05) is 0 Å². The summed E-state index contributed by atoms with van der Waals surface area (Å²) >= 11 is 3.51. The predicted molar refractivity (Wildman–Crippen MR) is 76.4 cm³/mol. The van der Waals surface area contributed by atoms with Gasteiger partial charge in [0.15, 0.2) is 0 Å². The molecule has 0 amide bonds. The van der Waals surface area contributed by atoms with Crippen molar-refractivity contribution in [1.29, 1.82) is 0 Å². The molecule has 17 heavy (non-hydrogen) atoms. The van der Waals surface area contributed by atoms with Crippen molar-refractivity contribution in [3.63, 3.8) is 0 Å². The van der Waals surface area contributed by atoms with E-state index in [4.69, 9.17) is 4.74 Å². The number of hydrogen-bond acceptors (Lipinski definition) is 2. The standard InChI is InChI=1S/C14H22BrNO/c1-11(12(2)16-7-8-17-3)9-13-5-4-6-14(15)10-13/h4-6,10-12,16H,7-9H2,1-3H3. The second kappa shape index (κ2) is 7.85. The molecule has 0 aromatic heterocycles. The van der Waals surface area contributed by atoms with Gasteiger partial charge in [-0.05, 0) is 37.0 Å². The minimum atomic E-state index is 0.504. The predicted octanol–water partition coefficient (Wildman–Crippen LogP) is 3.25. The van der Waals surface area contributed by atoms with Crippen LogP contribution in [-0.4, -0.2) is 26.3 Å². The molecule has 0 aliphatic rings. The van der Waals surface area contributed by atoms with Crippen LogP contribution < -0.4 is 5.32 Å². The quantitative estimate of drug-likeness (QED) is 0.781. The second-order valence-corrected chi connectivity index (χ2v) is 5.46. The molecule has 0 bridgehead atoms. The molecule has 96 valence electrons. The van der Waals surface area contributed by atoms with Gasteiger partial charge in [0.25, 0.3) is 0 Å². The van der Waals surface area contributed by atoms with E-state index in [1.165, 1.54) is 5.56 Å². The maximum atomic E-state index is 5.04. The fourth-order valence-corrected chi connectivity index (χ4v) is 2.25. The second-order valence-electron chi connectivity index (χ2n) is 4.55. The van der Waals surface area contributed by atoms with Crippen LogP contribution in [0.25, 0.3) is 0 Å². The molecule has 1 N–H and O–H groups in total. The van der Waals surface area contributed by atoms with E-state index in [-0.39, 0.29) is 0 Å². The van der Waals surface area contributed by atoms with Crippen molar-refractivity contribution < 1.29 is 4.74 Å². The van der Waals surface area contributed by atoms with Crippen molar-refractivity contribution in [2.75, 3.05) is 20.3 Å². The molecule has 0 radical (unpaired) electrons. The maximum Gasteiger partial charge on any atom is 0.0587 e. The summed E-state index contributed by atoms with van der Waals surface area (Å²) in [5.74, 6) is 0.612. The Balaban J connectivity index is 2.39. The third-order valence-corrected chi connectivity index (χ3v) is 3.57. The van der Waals surface area contributed by atoms with Crippen molar-refractivity contribution in [2.24, 2.45) is 5.92 Å². The Labute approximate surface area is 113 Å². The van der Waals surface area contributed by atoms with Gasteiger partial charge in [-0.3, -0.25) is 0 Å². The number of methoxy groups -OCH3 is 1. The number of halogens is 1. The summed E-state index contributed by atoms with van der Waals surface area (Å²) < 4.78 is 6.19. The van der Waals surface area contributed by atoms with E-state index < -0.39 is 0 Å². The van der Waals surface area contributed by atoms with Gasteiger partial charge in [-0.15, -0.1) is 0 Å². The van der Waals surface area contributed by atoms with E-state index in [0.717, 1.165) is 24.0 Å². The van der Waals surface area contributed by atoms with Gasteiger partial charge >= 0.3 is 0 Å². The van der Waals surface area contributed by atoms with Crippen LogP contribution in [0.3, 0.4) is 0 Å². The molecule has 1 aromatic rings.